The standard InChI is InChI=1S/C15H17Cl2NO3/c1-9(2)14(15(20)21-3)18-13(19)7-5-10-4-6-11(16)12(17)8-10/h4-9,14H,1-3H3,(H,18,19). The summed E-state index contributed by atoms with van der Waals surface area (Å²) < 4.78 is 4.66. The van der Waals surface area contributed by atoms with Crippen LogP contribution in [0, 0.1) is 5.92 Å². The molecule has 0 bridgehead atoms. The van der Waals surface area contributed by atoms with Crippen LogP contribution < -0.4 is 5.32 Å². The van der Waals surface area contributed by atoms with Crippen molar-refractivity contribution in [3.63, 3.8) is 0 Å². The van der Waals surface area contributed by atoms with Gasteiger partial charge in [-0.3, -0.25) is 4.79 Å². The zero-order valence-electron chi connectivity index (χ0n) is 12.0. The average molecular weight is 330 g/mol. The van der Waals surface area contributed by atoms with Gasteiger partial charge < -0.3 is 10.1 Å². The van der Waals surface area contributed by atoms with Crippen molar-refractivity contribution in [3.05, 3.63) is 39.9 Å². The molecule has 0 aliphatic heterocycles. The number of carbonyl (C=O) groups excluding carboxylic acids is 2. The van der Waals surface area contributed by atoms with E-state index >= 15 is 0 Å². The number of nitrogens with one attached hydrogen (secondary N) is 1. The van der Waals surface area contributed by atoms with Gasteiger partial charge in [0.1, 0.15) is 6.04 Å². The van der Waals surface area contributed by atoms with E-state index in [4.69, 9.17) is 23.2 Å². The van der Waals surface area contributed by atoms with E-state index in [0.29, 0.717) is 10.0 Å². The summed E-state index contributed by atoms with van der Waals surface area (Å²) in [6, 6.07) is 4.35. The largest absolute Gasteiger partial charge is 0.467 e. The van der Waals surface area contributed by atoms with Gasteiger partial charge in [0.15, 0.2) is 0 Å². The second-order valence-electron chi connectivity index (χ2n) is 4.76. The van der Waals surface area contributed by atoms with E-state index in [0.717, 1.165) is 5.56 Å². The van der Waals surface area contributed by atoms with Gasteiger partial charge in [-0.15, -0.1) is 0 Å². The molecule has 1 unspecified atom stereocenters. The Morgan fingerprint density at radius 1 is 1.24 bits per heavy atom. The van der Waals surface area contributed by atoms with Crippen LogP contribution in [0.5, 0.6) is 0 Å². The van der Waals surface area contributed by atoms with Gasteiger partial charge in [-0.2, -0.15) is 0 Å². The van der Waals surface area contributed by atoms with Gasteiger partial charge in [-0.1, -0.05) is 43.1 Å². The predicted molar refractivity (Wildman–Crippen MR) is 84.3 cm³/mol. The van der Waals surface area contributed by atoms with E-state index < -0.39 is 12.0 Å². The Labute approximate surface area is 134 Å². The molecule has 1 N–H and O–H groups in total. The third-order valence-corrected chi connectivity index (χ3v) is 3.53. The molecular formula is C15H17Cl2NO3. The fraction of sp³-hybridized carbons (Fsp3) is 0.333. The Hall–Kier alpha value is -1.52. The molecule has 0 saturated carbocycles. The van der Waals surface area contributed by atoms with Crippen LogP contribution in [0.1, 0.15) is 19.4 Å². The lowest BCUT2D eigenvalue weighted by atomic mass is 10.0. The Morgan fingerprint density at radius 3 is 2.43 bits per heavy atom. The second kappa shape index (κ2) is 8.05. The molecule has 0 aromatic heterocycles. The van der Waals surface area contributed by atoms with Crippen LogP contribution >= 0.6 is 23.2 Å². The molecule has 1 aromatic carbocycles. The van der Waals surface area contributed by atoms with Gasteiger partial charge in [0.05, 0.1) is 17.2 Å². The Bertz CT molecular complexity index is 556. The minimum atomic E-state index is -0.680. The smallest absolute Gasteiger partial charge is 0.328 e. The summed E-state index contributed by atoms with van der Waals surface area (Å²) >= 11 is 11.7. The summed E-state index contributed by atoms with van der Waals surface area (Å²) in [4.78, 5) is 23.4. The van der Waals surface area contributed by atoms with Crippen LogP contribution in [0.4, 0.5) is 0 Å². The van der Waals surface area contributed by atoms with Gasteiger partial charge in [-0.05, 0) is 29.7 Å². The van der Waals surface area contributed by atoms with Gasteiger partial charge in [0.2, 0.25) is 5.91 Å². The number of amides is 1. The maximum Gasteiger partial charge on any atom is 0.328 e. The average Bonchev–Trinajstić information content (AvgIpc) is 2.44. The summed E-state index contributed by atoms with van der Waals surface area (Å²) in [5.74, 6) is -0.925. The van der Waals surface area contributed by atoms with E-state index in [9.17, 15) is 9.59 Å². The van der Waals surface area contributed by atoms with Crippen LogP contribution in [-0.2, 0) is 14.3 Å². The van der Waals surface area contributed by atoms with Gasteiger partial charge in [-0.25, -0.2) is 4.79 Å². The van der Waals surface area contributed by atoms with E-state index in [2.05, 4.69) is 10.1 Å². The fourth-order valence-corrected chi connectivity index (χ4v) is 1.92. The Balaban J connectivity index is 2.73. The third kappa shape index (κ3) is 5.40. The van der Waals surface area contributed by atoms with Gasteiger partial charge >= 0.3 is 5.97 Å². The quantitative estimate of drug-likeness (QED) is 0.666. The van der Waals surface area contributed by atoms with Crippen molar-refractivity contribution in [2.45, 2.75) is 19.9 Å². The number of esters is 1. The Kier molecular flexibility index (Phi) is 6.72. The zero-order chi connectivity index (χ0) is 16.0. The van der Waals surface area contributed by atoms with E-state index in [1.54, 1.807) is 24.3 Å². The molecule has 21 heavy (non-hydrogen) atoms. The van der Waals surface area contributed by atoms with Crippen LogP contribution in [0.3, 0.4) is 0 Å². The highest BCUT2D eigenvalue weighted by molar-refractivity contribution is 6.42. The monoisotopic (exact) mass is 329 g/mol. The van der Waals surface area contributed by atoms with Gasteiger partial charge in [0, 0.05) is 6.08 Å². The maximum atomic E-state index is 11.8. The van der Waals surface area contributed by atoms with E-state index in [1.165, 1.54) is 13.2 Å². The first kappa shape index (κ1) is 17.5. The minimum Gasteiger partial charge on any atom is -0.467 e. The molecule has 114 valence electrons. The van der Waals surface area contributed by atoms with Crippen molar-refractivity contribution in [2.24, 2.45) is 5.92 Å². The molecule has 1 rings (SSSR count). The molecule has 6 heteroatoms. The lowest BCUT2D eigenvalue weighted by Crippen LogP contribution is -2.44. The summed E-state index contributed by atoms with van der Waals surface area (Å²) in [5.41, 5.74) is 0.735. The van der Waals surface area contributed by atoms with E-state index in [-0.39, 0.29) is 11.8 Å². The summed E-state index contributed by atoms with van der Waals surface area (Å²) in [7, 11) is 1.29. The molecule has 1 atom stereocenters. The first-order valence-electron chi connectivity index (χ1n) is 6.36. The minimum absolute atomic E-state index is 0.0697. The predicted octanol–water partition coefficient (Wildman–Crippen LogP) is 3.32. The molecule has 4 nitrogen and oxygen atoms in total. The number of carbonyl (C=O) groups is 2. The molecule has 0 saturated heterocycles. The van der Waals surface area contributed by atoms with Crippen molar-refractivity contribution in [1.82, 2.24) is 5.32 Å². The molecule has 0 heterocycles. The van der Waals surface area contributed by atoms with E-state index in [1.807, 2.05) is 13.8 Å². The molecular weight excluding hydrogens is 313 g/mol. The number of hydrogen-bond acceptors (Lipinski definition) is 3. The number of benzene rings is 1. The first-order chi connectivity index (χ1) is 9.85. The second-order valence-corrected chi connectivity index (χ2v) is 5.57. The van der Waals surface area contributed by atoms with Crippen molar-refractivity contribution in [2.75, 3.05) is 7.11 Å². The van der Waals surface area contributed by atoms with Crippen LogP contribution in [0.25, 0.3) is 6.08 Å². The maximum absolute atomic E-state index is 11.8. The highest BCUT2D eigenvalue weighted by Gasteiger charge is 2.23. The Morgan fingerprint density at radius 2 is 1.90 bits per heavy atom. The summed E-state index contributed by atoms with van der Waals surface area (Å²) in [5, 5.41) is 3.46. The SMILES string of the molecule is COC(=O)C(NC(=O)C=Cc1ccc(Cl)c(Cl)c1)C(C)C. The zero-order valence-corrected chi connectivity index (χ0v) is 13.5. The van der Waals surface area contributed by atoms with Crippen molar-refractivity contribution < 1.29 is 14.3 Å². The molecule has 1 amide bonds. The number of ether oxygens (including phenoxy) is 1. The molecule has 0 fully saturated rings. The summed E-state index contributed by atoms with van der Waals surface area (Å²) in [6.07, 6.45) is 2.92. The lowest BCUT2D eigenvalue weighted by Gasteiger charge is -2.18. The van der Waals surface area contributed by atoms with Crippen molar-refractivity contribution >= 4 is 41.2 Å². The van der Waals surface area contributed by atoms with Crippen molar-refractivity contribution in [3.8, 4) is 0 Å². The number of halogens is 2. The fourth-order valence-electron chi connectivity index (χ4n) is 1.61. The van der Waals surface area contributed by atoms with Crippen LogP contribution in [0.2, 0.25) is 10.0 Å². The molecule has 0 radical (unpaired) electrons. The highest BCUT2D eigenvalue weighted by atomic mass is 35.5. The number of rotatable bonds is 5. The lowest BCUT2D eigenvalue weighted by molar-refractivity contribution is -0.145. The molecule has 0 aliphatic rings. The number of hydrogen-bond donors (Lipinski definition) is 1. The topological polar surface area (TPSA) is 55.4 Å². The van der Waals surface area contributed by atoms with Crippen molar-refractivity contribution in [1.29, 1.82) is 0 Å². The molecule has 0 aliphatic carbocycles. The first-order valence-corrected chi connectivity index (χ1v) is 7.12. The normalized spacial score (nSPS) is 12.5. The summed E-state index contributed by atoms with van der Waals surface area (Å²) in [6.45, 7) is 3.65. The van der Waals surface area contributed by atoms with Crippen LogP contribution in [0.15, 0.2) is 24.3 Å². The molecule has 1 aromatic rings. The highest BCUT2D eigenvalue weighted by Crippen LogP contribution is 2.23. The van der Waals surface area contributed by atoms with Gasteiger partial charge in [0.25, 0.3) is 0 Å². The number of methoxy groups -OCH3 is 1. The van der Waals surface area contributed by atoms with Crippen LogP contribution in [-0.4, -0.2) is 25.0 Å². The third-order valence-electron chi connectivity index (χ3n) is 2.79. The molecule has 0 spiro atoms.